The van der Waals surface area contributed by atoms with Gasteiger partial charge in [-0.25, -0.2) is 27.1 Å². The first-order valence-corrected chi connectivity index (χ1v) is 21.4. The second-order valence-corrected chi connectivity index (χ2v) is 20.3. The first-order valence-electron chi connectivity index (χ1n) is 19.6. The monoisotopic (exact) mass is 835 g/mol. The lowest BCUT2D eigenvalue weighted by atomic mass is 9.85. The quantitative estimate of drug-likeness (QED) is 0.225. The number of nitrogens with zero attached hydrogens (tertiary/aromatic N) is 3. The average molecular weight is 836 g/mol. The van der Waals surface area contributed by atoms with E-state index in [-0.39, 0.29) is 31.1 Å². The first-order chi connectivity index (χ1) is 26.4. The number of anilines is 1. The van der Waals surface area contributed by atoms with Crippen molar-refractivity contribution in [3.63, 3.8) is 0 Å². The van der Waals surface area contributed by atoms with Crippen LogP contribution in [0.5, 0.6) is 0 Å². The highest BCUT2D eigenvalue weighted by Gasteiger charge is 2.50. The summed E-state index contributed by atoms with van der Waals surface area (Å²) >= 11 is 0. The maximum absolute atomic E-state index is 14.1. The topological polar surface area (TPSA) is 173 Å². The molecule has 2 aliphatic rings. The van der Waals surface area contributed by atoms with Crippen LogP contribution in [-0.4, -0.2) is 102 Å². The second kappa shape index (κ2) is 17.6. The second-order valence-electron chi connectivity index (χ2n) is 18.2. The predicted molar refractivity (Wildman–Crippen MR) is 216 cm³/mol. The highest BCUT2D eigenvalue weighted by Crippen LogP contribution is 2.39. The minimum Gasteiger partial charge on any atom is -0.460 e. The molecule has 0 radical (unpaired) electrons. The number of carbonyl (C=O) groups excluding carboxylic acids is 2. The summed E-state index contributed by atoms with van der Waals surface area (Å²) in [5.74, 6) is -5.63. The number of esters is 2. The fraction of sp³-hybridized carbons (Fsp3) is 0.667. The summed E-state index contributed by atoms with van der Waals surface area (Å²) in [5.41, 5.74) is 0.352. The van der Waals surface area contributed by atoms with Gasteiger partial charge in [-0.05, 0) is 99.4 Å². The molecule has 0 amide bonds. The van der Waals surface area contributed by atoms with Gasteiger partial charge in [0.15, 0.2) is 11.6 Å². The molecule has 2 aromatic rings. The Bertz CT molecular complexity index is 1920. The Morgan fingerprint density at radius 1 is 0.931 bits per heavy atom. The summed E-state index contributed by atoms with van der Waals surface area (Å²) < 4.78 is 76.6. The number of aromatic nitrogens is 2. The SMILES string of the molecule is CC(C)c1nc(N(C)S(C)(=O)=O)nc(-c2ccc(F)cc2)c1/C=C/[C@@H]1C[C@H](C(C(=O)OC(C)(C)C)C(O)[C@@H]2C[C@H](CC(=O)OC(C)(C)C)OC(C)(C)O2)OC(C)(C)O1. The van der Waals surface area contributed by atoms with E-state index in [1.54, 1.807) is 93.5 Å². The number of hydrogen-bond donors (Lipinski definition) is 1. The molecular formula is C42H62FN3O11S. The number of benzene rings is 1. The lowest BCUT2D eigenvalue weighted by molar-refractivity contribution is -0.329. The van der Waals surface area contributed by atoms with E-state index in [0.29, 0.717) is 22.5 Å². The molecule has 58 heavy (non-hydrogen) atoms. The van der Waals surface area contributed by atoms with Gasteiger partial charge in [-0.1, -0.05) is 26.0 Å². The van der Waals surface area contributed by atoms with Crippen molar-refractivity contribution in [3.8, 4) is 11.3 Å². The van der Waals surface area contributed by atoms with Crippen molar-refractivity contribution in [2.24, 2.45) is 5.92 Å². The summed E-state index contributed by atoms with van der Waals surface area (Å²) in [5, 5.41) is 12.2. The standard InChI is InChI=1S/C42H62FN3O11S/c1-24(2)34-29(35(25-15-17-26(43)18-16-25)45-38(44-34)46(13)58(14,50)51)20-19-27-21-30(54-41(9,10)52-27)33(37(49)57-40(6,7)8)36(48)31-22-28(53-42(11,12)55-31)23-32(47)56-39(3,4)5/h15-20,24,27-28,30-31,33,36,48H,21-23H2,1-14H3/b20-19+/t27-,28-,30-,31+,33?,36?/m1/s1. The van der Waals surface area contributed by atoms with Gasteiger partial charge in [0, 0.05) is 31.0 Å². The molecule has 1 aromatic carbocycles. The molecular weight excluding hydrogens is 774 g/mol. The van der Waals surface area contributed by atoms with Gasteiger partial charge < -0.3 is 33.5 Å². The molecule has 1 N–H and O–H groups in total. The fourth-order valence-electron chi connectivity index (χ4n) is 6.98. The third-order valence-corrected chi connectivity index (χ3v) is 10.4. The van der Waals surface area contributed by atoms with Crippen LogP contribution >= 0.6 is 0 Å². The fourth-order valence-corrected chi connectivity index (χ4v) is 7.36. The van der Waals surface area contributed by atoms with Crippen molar-refractivity contribution in [1.29, 1.82) is 0 Å². The summed E-state index contributed by atoms with van der Waals surface area (Å²) in [6.07, 6.45) is -0.0929. The molecule has 0 bridgehead atoms. The number of halogens is 1. The van der Waals surface area contributed by atoms with Crippen LogP contribution in [0.15, 0.2) is 30.3 Å². The molecule has 16 heteroatoms. The molecule has 3 heterocycles. The smallest absolute Gasteiger partial charge is 0.314 e. The molecule has 1 aromatic heterocycles. The zero-order valence-corrected chi connectivity index (χ0v) is 37.1. The summed E-state index contributed by atoms with van der Waals surface area (Å²) in [4.78, 5) is 36.3. The zero-order valence-electron chi connectivity index (χ0n) is 36.3. The highest BCUT2D eigenvalue weighted by molar-refractivity contribution is 7.92. The number of carbonyl (C=O) groups is 2. The number of sulfonamides is 1. The van der Waals surface area contributed by atoms with E-state index in [1.165, 1.54) is 19.2 Å². The Hall–Kier alpha value is -3.54. The van der Waals surface area contributed by atoms with Gasteiger partial charge in [0.25, 0.3) is 0 Å². The molecule has 2 fully saturated rings. The normalized spacial score (nSPS) is 23.7. The Balaban J connectivity index is 1.75. The van der Waals surface area contributed by atoms with Crippen LogP contribution in [-0.2, 0) is 48.0 Å². The van der Waals surface area contributed by atoms with Crippen molar-refractivity contribution >= 4 is 34.0 Å². The zero-order chi connectivity index (χ0) is 43.8. The van der Waals surface area contributed by atoms with Crippen molar-refractivity contribution in [3.05, 3.63) is 47.4 Å². The van der Waals surface area contributed by atoms with Gasteiger partial charge in [0.2, 0.25) is 16.0 Å². The first kappa shape index (κ1) is 47.1. The summed E-state index contributed by atoms with van der Waals surface area (Å²) in [6, 6.07) is 5.69. The van der Waals surface area contributed by atoms with Gasteiger partial charge in [-0.2, -0.15) is 0 Å². The van der Waals surface area contributed by atoms with Crippen molar-refractivity contribution < 1.29 is 55.9 Å². The third kappa shape index (κ3) is 13.0. The third-order valence-electron chi connectivity index (χ3n) is 9.24. The van der Waals surface area contributed by atoms with E-state index < -0.39 is 87.0 Å². The van der Waals surface area contributed by atoms with Crippen LogP contribution in [0.1, 0.15) is 120 Å². The number of ether oxygens (including phenoxy) is 6. The number of hydrogen-bond acceptors (Lipinski definition) is 13. The van der Waals surface area contributed by atoms with Gasteiger partial charge in [0.05, 0.1) is 54.6 Å². The van der Waals surface area contributed by atoms with Gasteiger partial charge in [-0.15, -0.1) is 0 Å². The van der Waals surface area contributed by atoms with Gasteiger partial charge in [0.1, 0.15) is 22.9 Å². The minimum absolute atomic E-state index is 0.0489. The maximum Gasteiger partial charge on any atom is 0.314 e. The number of rotatable bonds is 12. The average Bonchev–Trinajstić information content (AvgIpc) is 3.03. The van der Waals surface area contributed by atoms with Gasteiger partial charge >= 0.3 is 11.9 Å². The van der Waals surface area contributed by atoms with E-state index in [4.69, 9.17) is 28.4 Å². The molecule has 0 saturated carbocycles. The van der Waals surface area contributed by atoms with Crippen LogP contribution < -0.4 is 4.31 Å². The lowest BCUT2D eigenvalue weighted by Crippen LogP contribution is -2.57. The van der Waals surface area contributed by atoms with E-state index in [0.717, 1.165) is 10.6 Å². The summed E-state index contributed by atoms with van der Waals surface area (Å²) in [7, 11) is -2.37. The summed E-state index contributed by atoms with van der Waals surface area (Å²) in [6.45, 7) is 21.1. The maximum atomic E-state index is 14.1. The predicted octanol–water partition coefficient (Wildman–Crippen LogP) is 6.69. The van der Waals surface area contributed by atoms with Crippen LogP contribution in [0.25, 0.3) is 17.3 Å². The van der Waals surface area contributed by atoms with E-state index in [9.17, 15) is 27.5 Å². The molecule has 4 rings (SSSR count). The molecule has 6 atom stereocenters. The number of aliphatic hydroxyl groups excluding tert-OH is 1. The van der Waals surface area contributed by atoms with E-state index in [2.05, 4.69) is 9.97 Å². The van der Waals surface area contributed by atoms with Crippen molar-refractivity contribution in [2.45, 2.75) is 162 Å². The molecule has 0 aliphatic carbocycles. The molecule has 324 valence electrons. The molecule has 14 nitrogen and oxygen atoms in total. The molecule has 2 saturated heterocycles. The van der Waals surface area contributed by atoms with E-state index >= 15 is 0 Å². The Kier molecular flexibility index (Phi) is 14.3. The highest BCUT2D eigenvalue weighted by atomic mass is 32.2. The van der Waals surface area contributed by atoms with E-state index in [1.807, 2.05) is 13.8 Å². The van der Waals surface area contributed by atoms with Crippen LogP contribution in [0.4, 0.5) is 10.3 Å². The van der Waals surface area contributed by atoms with Crippen LogP contribution in [0, 0.1) is 11.7 Å². The Morgan fingerprint density at radius 3 is 2.05 bits per heavy atom. The Labute approximate surface area is 342 Å². The minimum atomic E-state index is -3.73. The number of aliphatic hydroxyl groups is 1. The van der Waals surface area contributed by atoms with Crippen LogP contribution in [0.3, 0.4) is 0 Å². The lowest BCUT2D eigenvalue weighted by Gasteiger charge is -2.47. The molecule has 2 aliphatic heterocycles. The van der Waals surface area contributed by atoms with Crippen LogP contribution in [0.2, 0.25) is 0 Å². The van der Waals surface area contributed by atoms with Gasteiger partial charge in [-0.3, -0.25) is 9.59 Å². The molecule has 0 spiro atoms. The molecule has 2 unspecified atom stereocenters. The van der Waals surface area contributed by atoms with Crippen molar-refractivity contribution in [1.82, 2.24) is 9.97 Å². The Morgan fingerprint density at radius 2 is 1.50 bits per heavy atom. The van der Waals surface area contributed by atoms with Crippen molar-refractivity contribution in [2.75, 3.05) is 17.6 Å². The largest absolute Gasteiger partial charge is 0.460 e.